The molecule has 4 nitrogen and oxygen atoms in total. The number of rotatable bonds is 3. The normalized spacial score (nSPS) is 11.4. The van der Waals surface area contributed by atoms with Crippen molar-refractivity contribution in [3.8, 4) is 6.07 Å². The van der Waals surface area contributed by atoms with Crippen LogP contribution in [0.1, 0.15) is 6.92 Å². The third-order valence-corrected chi connectivity index (χ3v) is 2.55. The lowest BCUT2D eigenvalue weighted by Gasteiger charge is -2.09. The Morgan fingerprint density at radius 2 is 2.06 bits per heavy atom. The molecule has 1 amide bonds. The molecule has 0 fully saturated rings. The van der Waals surface area contributed by atoms with E-state index in [2.05, 4.69) is 5.32 Å². The van der Waals surface area contributed by atoms with Crippen molar-refractivity contribution in [2.24, 2.45) is 5.92 Å². The van der Waals surface area contributed by atoms with Crippen LogP contribution in [0.5, 0.6) is 0 Å². The zero-order chi connectivity index (χ0) is 13.0. The van der Waals surface area contributed by atoms with Gasteiger partial charge in [-0.05, 0) is 25.1 Å². The lowest BCUT2D eigenvalue weighted by Crippen LogP contribution is -2.27. The molecule has 0 radical (unpaired) electrons. The van der Waals surface area contributed by atoms with Gasteiger partial charge in [-0.25, -0.2) is 0 Å². The van der Waals surface area contributed by atoms with Gasteiger partial charge in [0, 0.05) is 5.02 Å². The number of hydrogen-bond acceptors (Lipinski definition) is 3. The number of benzene rings is 1. The first-order valence-corrected chi connectivity index (χ1v) is 5.37. The van der Waals surface area contributed by atoms with E-state index in [-0.39, 0.29) is 10.7 Å². The van der Waals surface area contributed by atoms with E-state index in [1.54, 1.807) is 12.1 Å². The van der Waals surface area contributed by atoms with Crippen LogP contribution in [0.25, 0.3) is 0 Å². The number of halogens is 2. The molecule has 1 unspecified atom stereocenters. The number of ketones is 1. The molecule has 0 saturated carbocycles. The maximum absolute atomic E-state index is 11.6. The van der Waals surface area contributed by atoms with Gasteiger partial charge in [-0.2, -0.15) is 5.26 Å². The third-order valence-electron chi connectivity index (χ3n) is 1.98. The van der Waals surface area contributed by atoms with E-state index in [0.717, 1.165) is 0 Å². The summed E-state index contributed by atoms with van der Waals surface area (Å²) in [5, 5.41) is 11.7. The van der Waals surface area contributed by atoms with Crippen molar-refractivity contribution in [3.05, 3.63) is 28.2 Å². The van der Waals surface area contributed by atoms with Gasteiger partial charge in [-0.1, -0.05) is 23.2 Å². The molecule has 6 heteroatoms. The Morgan fingerprint density at radius 3 is 2.59 bits per heavy atom. The minimum atomic E-state index is -1.34. The Labute approximate surface area is 108 Å². The summed E-state index contributed by atoms with van der Waals surface area (Å²) in [5.74, 6) is -2.59. The number of carbonyl (C=O) groups excluding carboxylic acids is 2. The Balaban J connectivity index is 2.92. The van der Waals surface area contributed by atoms with Gasteiger partial charge in [0.15, 0.2) is 11.7 Å². The molecule has 0 aliphatic carbocycles. The molecule has 0 spiro atoms. The topological polar surface area (TPSA) is 70.0 Å². The van der Waals surface area contributed by atoms with E-state index in [0.29, 0.717) is 5.02 Å². The lowest BCUT2D eigenvalue weighted by atomic mass is 10.1. The van der Waals surface area contributed by atoms with E-state index in [4.69, 9.17) is 28.5 Å². The summed E-state index contributed by atoms with van der Waals surface area (Å²) in [5.41, 5.74) is 0.269. The van der Waals surface area contributed by atoms with Crippen molar-refractivity contribution in [2.45, 2.75) is 6.92 Å². The molecule has 0 saturated heterocycles. The first-order chi connectivity index (χ1) is 7.95. The van der Waals surface area contributed by atoms with Crippen LogP contribution in [0.3, 0.4) is 0 Å². The molecule has 0 aliphatic rings. The van der Waals surface area contributed by atoms with Crippen molar-refractivity contribution in [3.63, 3.8) is 0 Å². The number of nitrogens with one attached hydrogen (secondary N) is 1. The van der Waals surface area contributed by atoms with Crippen molar-refractivity contribution in [2.75, 3.05) is 5.32 Å². The van der Waals surface area contributed by atoms with Gasteiger partial charge in [0.05, 0.1) is 16.8 Å². The van der Waals surface area contributed by atoms with Gasteiger partial charge >= 0.3 is 0 Å². The molecule has 0 bridgehead atoms. The van der Waals surface area contributed by atoms with E-state index < -0.39 is 17.6 Å². The van der Waals surface area contributed by atoms with Crippen molar-refractivity contribution in [1.29, 1.82) is 5.26 Å². The Kier molecular flexibility index (Phi) is 4.50. The Hall–Kier alpha value is -1.57. The van der Waals surface area contributed by atoms with Crippen LogP contribution in [-0.4, -0.2) is 11.7 Å². The largest absolute Gasteiger partial charge is 0.323 e. The number of nitrogens with zero attached hydrogens (tertiary/aromatic N) is 1. The highest BCUT2D eigenvalue weighted by Gasteiger charge is 2.23. The number of anilines is 1. The van der Waals surface area contributed by atoms with Gasteiger partial charge in [-0.3, -0.25) is 9.59 Å². The summed E-state index contributed by atoms with van der Waals surface area (Å²) in [4.78, 5) is 22.6. The number of nitriles is 1. The molecule has 1 rings (SSSR count). The van der Waals surface area contributed by atoms with Crippen molar-refractivity contribution >= 4 is 40.6 Å². The van der Waals surface area contributed by atoms with Crippen LogP contribution in [0.2, 0.25) is 10.0 Å². The third kappa shape index (κ3) is 3.45. The predicted octanol–water partition coefficient (Wildman–Crippen LogP) is 2.66. The second-order valence-corrected chi connectivity index (χ2v) is 4.13. The fraction of sp³-hybridized carbons (Fsp3) is 0.182. The molecule has 1 aromatic carbocycles. The average molecular weight is 271 g/mol. The number of hydrogen-bond donors (Lipinski definition) is 1. The molecule has 1 aromatic rings. The van der Waals surface area contributed by atoms with Crippen LogP contribution in [0, 0.1) is 17.2 Å². The number of amides is 1. The highest BCUT2D eigenvalue weighted by atomic mass is 35.5. The van der Waals surface area contributed by atoms with Gasteiger partial charge in [-0.15, -0.1) is 0 Å². The fourth-order valence-corrected chi connectivity index (χ4v) is 1.47. The maximum Gasteiger partial charge on any atom is 0.249 e. The molecule has 88 valence electrons. The van der Waals surface area contributed by atoms with Gasteiger partial charge in [0.1, 0.15) is 0 Å². The zero-order valence-electron chi connectivity index (χ0n) is 8.83. The van der Waals surface area contributed by atoms with Crippen LogP contribution in [0.4, 0.5) is 5.69 Å². The van der Waals surface area contributed by atoms with Gasteiger partial charge < -0.3 is 5.32 Å². The molecule has 0 heterocycles. The van der Waals surface area contributed by atoms with E-state index in [1.165, 1.54) is 19.1 Å². The maximum atomic E-state index is 11.6. The summed E-state index contributed by atoms with van der Waals surface area (Å²) in [6.45, 7) is 1.17. The minimum absolute atomic E-state index is 0.269. The van der Waals surface area contributed by atoms with E-state index in [1.807, 2.05) is 0 Å². The van der Waals surface area contributed by atoms with E-state index in [9.17, 15) is 9.59 Å². The van der Waals surface area contributed by atoms with Crippen LogP contribution in [-0.2, 0) is 9.59 Å². The average Bonchev–Trinajstić information content (AvgIpc) is 2.24. The summed E-state index contributed by atoms with van der Waals surface area (Å²) < 4.78 is 0. The van der Waals surface area contributed by atoms with Crippen LogP contribution < -0.4 is 5.32 Å². The second-order valence-electron chi connectivity index (χ2n) is 3.29. The quantitative estimate of drug-likeness (QED) is 0.859. The highest BCUT2D eigenvalue weighted by Crippen LogP contribution is 2.25. The predicted molar refractivity (Wildman–Crippen MR) is 64.9 cm³/mol. The summed E-state index contributed by atoms with van der Waals surface area (Å²) >= 11 is 11.6. The first-order valence-electron chi connectivity index (χ1n) is 4.61. The number of carbonyl (C=O) groups is 2. The van der Waals surface area contributed by atoms with Gasteiger partial charge in [0.25, 0.3) is 0 Å². The number of Topliss-reactive ketones (excluding diaryl/α,β-unsaturated/α-hetero) is 1. The zero-order valence-corrected chi connectivity index (χ0v) is 10.3. The molecule has 0 aromatic heterocycles. The monoisotopic (exact) mass is 270 g/mol. The summed E-state index contributed by atoms with van der Waals surface area (Å²) in [7, 11) is 0. The Morgan fingerprint density at radius 1 is 1.41 bits per heavy atom. The molecule has 1 N–H and O–H groups in total. The fourth-order valence-electron chi connectivity index (χ4n) is 1.13. The summed E-state index contributed by atoms with van der Waals surface area (Å²) in [6, 6.07) is 6.13. The molecular formula is C11H8Cl2N2O2. The molecule has 17 heavy (non-hydrogen) atoms. The van der Waals surface area contributed by atoms with E-state index >= 15 is 0 Å². The van der Waals surface area contributed by atoms with Gasteiger partial charge in [0.2, 0.25) is 5.91 Å². The smallest absolute Gasteiger partial charge is 0.249 e. The summed E-state index contributed by atoms with van der Waals surface area (Å²) in [6.07, 6.45) is 0. The minimum Gasteiger partial charge on any atom is -0.323 e. The Bertz CT molecular complexity index is 509. The highest BCUT2D eigenvalue weighted by molar-refractivity contribution is 6.35. The molecule has 0 aliphatic heterocycles. The first kappa shape index (κ1) is 13.5. The van der Waals surface area contributed by atoms with Crippen LogP contribution >= 0.6 is 23.2 Å². The molecular weight excluding hydrogens is 263 g/mol. The van der Waals surface area contributed by atoms with Crippen molar-refractivity contribution in [1.82, 2.24) is 0 Å². The van der Waals surface area contributed by atoms with Crippen molar-refractivity contribution < 1.29 is 9.59 Å². The standard InChI is InChI=1S/C11H8Cl2N2O2/c1-6(16)8(5-14)11(17)15-10-4-7(12)2-3-9(10)13/h2-4,8H,1H3,(H,15,17). The lowest BCUT2D eigenvalue weighted by molar-refractivity contribution is -0.127. The molecule has 1 atom stereocenters. The van der Waals surface area contributed by atoms with Crippen LogP contribution in [0.15, 0.2) is 18.2 Å². The SMILES string of the molecule is CC(=O)C(C#N)C(=O)Nc1cc(Cl)ccc1Cl. The second kappa shape index (κ2) is 5.67.